The van der Waals surface area contributed by atoms with E-state index in [2.05, 4.69) is 0 Å². The van der Waals surface area contributed by atoms with E-state index in [9.17, 15) is 0 Å². The van der Waals surface area contributed by atoms with Gasteiger partial charge in [-0.2, -0.15) is 7.82 Å². The molecule has 0 spiro atoms. The van der Waals surface area contributed by atoms with Gasteiger partial charge in [0.25, 0.3) is 0 Å². The third kappa shape index (κ3) is 54.9. The summed E-state index contributed by atoms with van der Waals surface area (Å²) < 4.78 is 8.55. The molecule has 0 N–H and O–H groups in total. The predicted octanol–water partition coefficient (Wildman–Crippen LogP) is -6.20. The minimum absolute atomic E-state index is 0. The van der Waals surface area contributed by atoms with E-state index in [0.29, 0.717) is 0 Å². The normalized spacial score (nSPS) is 8.43. The van der Waals surface area contributed by atoms with Crippen molar-refractivity contribution < 1.29 is 70.6 Å². The van der Waals surface area contributed by atoms with Crippen LogP contribution in [0.1, 0.15) is 0 Å². The van der Waals surface area contributed by atoms with E-state index in [4.69, 9.17) is 19.2 Å². The van der Waals surface area contributed by atoms with Crippen molar-refractivity contribution in [2.45, 2.75) is 0 Å². The molecule has 4 nitrogen and oxygen atoms in total. The van der Waals surface area contributed by atoms with Crippen molar-refractivity contribution in [3.63, 3.8) is 0 Å². The zero-order valence-electron chi connectivity index (χ0n) is 3.53. The fraction of sp³-hybridized carbons (Fsp3) is 0. The van der Waals surface area contributed by atoms with Crippen LogP contribution in [0.15, 0.2) is 0 Å². The van der Waals surface area contributed by atoms with E-state index in [0.717, 1.165) is 0 Å². The summed E-state index contributed by atoms with van der Waals surface area (Å²) in [5, 5.41) is 0. The fourth-order valence-electron chi connectivity index (χ4n) is 0. The summed E-state index contributed by atoms with van der Waals surface area (Å²) in [5.74, 6) is 0. The first-order chi connectivity index (χ1) is 2.00. The number of rotatable bonds is 0. The van der Waals surface area contributed by atoms with E-state index >= 15 is 0 Å². The Labute approximate surface area is 102 Å². The molecule has 0 rings (SSSR count). The minimum atomic E-state index is -5.39. The molecule has 0 aliphatic rings. The number of phosphoric acid groups is 1. The molecular weight excluding hydrogens is 343 g/mol. The number of hydrogen-bond acceptors (Lipinski definition) is 4. The Hall–Kier alpha value is 2.63. The molecule has 0 aromatic carbocycles. The zero-order chi connectivity index (χ0) is 4.50. The van der Waals surface area contributed by atoms with Crippen LogP contribution in [-0.2, 0) is 4.57 Å². The monoisotopic (exact) mass is 343 g/mol. The van der Waals surface area contributed by atoms with Crippen LogP contribution in [0, 0.1) is 0 Å². The molecule has 0 unspecified atom stereocenters. The van der Waals surface area contributed by atoms with E-state index in [1.165, 1.54) is 0 Å². The second-order valence-corrected chi connectivity index (χ2v) is 1.34. The summed E-state index contributed by atoms with van der Waals surface area (Å²) in [4.78, 5) is 25.6. The van der Waals surface area contributed by atoms with Crippen LogP contribution in [0.5, 0.6) is 0 Å². The fourth-order valence-corrected chi connectivity index (χ4v) is 0. The maximum Gasteiger partial charge on any atom is 3.00 e. The van der Waals surface area contributed by atoms with Crippen LogP contribution in [0.3, 0.4) is 0 Å². The van der Waals surface area contributed by atoms with Crippen molar-refractivity contribution in [2.75, 3.05) is 0 Å². The van der Waals surface area contributed by atoms with Gasteiger partial charge in [-0.15, -0.1) is 0 Å². The van der Waals surface area contributed by atoms with Crippen LogP contribution in [0.25, 0.3) is 0 Å². The molecule has 0 atom stereocenters. The van der Waals surface area contributed by atoms with Crippen molar-refractivity contribution >= 4 is 34.0 Å². The average Bonchev–Trinajstić information content (AvgIpc) is 0.722. The van der Waals surface area contributed by atoms with Gasteiger partial charge in [0.05, 0.1) is 0 Å². The third-order valence-electron chi connectivity index (χ3n) is 0. The molecule has 0 saturated heterocycles. The van der Waals surface area contributed by atoms with Crippen LogP contribution in [0.2, 0.25) is 0 Å². The van der Waals surface area contributed by atoms with Gasteiger partial charge in [-0.05, 0) is 0 Å². The van der Waals surface area contributed by atoms with Crippen molar-refractivity contribution in [3.8, 4) is 0 Å². The first-order valence-electron chi connectivity index (χ1n) is 0.730. The van der Waals surface area contributed by atoms with E-state index in [1.807, 2.05) is 0 Å². The number of hydrogen-bond donors (Lipinski definition) is 0. The van der Waals surface area contributed by atoms with Crippen molar-refractivity contribution in [2.24, 2.45) is 0 Å². The molecule has 0 aliphatic carbocycles. The van der Waals surface area contributed by atoms with Crippen LogP contribution < -0.4 is 66.1 Å². The molecule has 0 aromatic rings. The quantitative estimate of drug-likeness (QED) is 0.324. The predicted molar refractivity (Wildman–Crippen MR) is 13.4 cm³/mol. The van der Waals surface area contributed by atoms with Gasteiger partial charge in [0.2, 0.25) is 0 Å². The molecule has 7 heteroatoms. The Morgan fingerprint density at radius 1 is 1.14 bits per heavy atom. The van der Waals surface area contributed by atoms with E-state index < -0.39 is 7.82 Å². The summed E-state index contributed by atoms with van der Waals surface area (Å²) in [6.45, 7) is 0. The van der Waals surface area contributed by atoms with Gasteiger partial charge < -0.3 is 19.2 Å². The van der Waals surface area contributed by atoms with Gasteiger partial charge in [0.15, 0.2) is 0 Å². The summed E-state index contributed by atoms with van der Waals surface area (Å²) in [5.41, 5.74) is 0. The molecule has 0 fully saturated rings. The largest absolute Gasteiger partial charge is 3.00 e. The maximum absolute atomic E-state index is 8.55. The summed E-state index contributed by atoms with van der Waals surface area (Å²) >= 11 is 0. The summed E-state index contributed by atoms with van der Waals surface area (Å²) in [7, 11) is -5.39. The van der Waals surface area contributed by atoms with Crippen LogP contribution in [-0.4, -0.2) is 26.2 Å². The first-order valence-corrected chi connectivity index (χ1v) is 2.19. The summed E-state index contributed by atoms with van der Waals surface area (Å²) in [6.07, 6.45) is 0. The van der Waals surface area contributed by atoms with Crippen molar-refractivity contribution in [1.29, 1.82) is 0 Å². The molecular formula is BiKO4P+. The SMILES string of the molecule is O=P([O-])([O-])[O-].[Bi+3].[K+]. The topological polar surface area (TPSA) is 86.2 Å². The van der Waals surface area contributed by atoms with E-state index in [1.54, 1.807) is 0 Å². The Kier molecular flexibility index (Phi) is 15.7. The van der Waals surface area contributed by atoms with Gasteiger partial charge in [0, 0.05) is 0 Å². The van der Waals surface area contributed by atoms with Crippen LogP contribution >= 0.6 is 7.82 Å². The van der Waals surface area contributed by atoms with Crippen molar-refractivity contribution in [3.05, 3.63) is 0 Å². The minimum Gasteiger partial charge on any atom is -0.822 e. The molecule has 7 heavy (non-hydrogen) atoms. The Morgan fingerprint density at radius 2 is 1.14 bits per heavy atom. The molecule has 34 valence electrons. The molecule has 0 saturated carbocycles. The standard InChI is InChI=1S/Bi.K.H3O4P/c;;1-5(2,3)4/h;;(H3,1,2,3,4)/q+3;+1;/p-3. The Bertz CT molecular complexity index is 57.8. The second-order valence-electron chi connectivity index (χ2n) is 0.447. The Morgan fingerprint density at radius 3 is 1.14 bits per heavy atom. The van der Waals surface area contributed by atoms with Gasteiger partial charge in [-0.25, -0.2) is 0 Å². The van der Waals surface area contributed by atoms with Gasteiger partial charge >= 0.3 is 77.6 Å². The zero-order valence-corrected chi connectivity index (χ0v) is 11.0. The Balaban J connectivity index is -0.0000000800. The van der Waals surface area contributed by atoms with E-state index in [-0.39, 0.29) is 77.6 Å². The van der Waals surface area contributed by atoms with Crippen LogP contribution in [0.4, 0.5) is 0 Å². The molecule has 0 heterocycles. The van der Waals surface area contributed by atoms with Gasteiger partial charge in [-0.1, -0.05) is 0 Å². The molecule has 0 aliphatic heterocycles. The smallest absolute Gasteiger partial charge is 0.822 e. The third-order valence-corrected chi connectivity index (χ3v) is 0. The molecule has 0 bridgehead atoms. The maximum atomic E-state index is 8.55. The molecule has 0 amide bonds. The second kappa shape index (κ2) is 6.75. The molecule has 2 radical (unpaired) electrons. The van der Waals surface area contributed by atoms with Crippen molar-refractivity contribution in [1.82, 2.24) is 0 Å². The van der Waals surface area contributed by atoms with Gasteiger partial charge in [0.1, 0.15) is 0 Å². The average molecular weight is 343 g/mol. The molecule has 0 aromatic heterocycles. The first kappa shape index (κ1) is 16.3. The van der Waals surface area contributed by atoms with Gasteiger partial charge in [-0.3, -0.25) is 0 Å². The summed E-state index contributed by atoms with van der Waals surface area (Å²) in [6, 6.07) is 0.